The number of nitrogens with two attached hydrogens (primary N) is 2. The van der Waals surface area contributed by atoms with Crippen LogP contribution in [0.25, 0.3) is 22.1 Å². The number of carboxylic acid groups (broad SMARTS) is 1. The van der Waals surface area contributed by atoms with Gasteiger partial charge in [0.15, 0.2) is 6.10 Å². The van der Waals surface area contributed by atoms with Crippen LogP contribution in [0.5, 0.6) is 5.75 Å². The topological polar surface area (TPSA) is 175 Å². The van der Waals surface area contributed by atoms with Crippen LogP contribution in [0.4, 0.5) is 0 Å². The lowest BCUT2D eigenvalue weighted by Crippen LogP contribution is -2.78. The fraction of sp³-hybridized carbons (Fsp3) is 0.250. The maximum atomic E-state index is 12.5. The number of aliphatic carboxylic acids is 1. The predicted octanol–water partition coefficient (Wildman–Crippen LogP) is -1.40. The molecule has 0 fully saturated rings. The third kappa shape index (κ3) is 6.35. The van der Waals surface area contributed by atoms with E-state index in [1.807, 2.05) is 30.3 Å². The Morgan fingerprint density at radius 2 is 1.88 bits per heavy atom. The molecule has 1 amide bonds. The van der Waals surface area contributed by atoms with Gasteiger partial charge in [-0.1, -0.05) is 30.3 Å². The van der Waals surface area contributed by atoms with Gasteiger partial charge in [0.2, 0.25) is 0 Å². The van der Waals surface area contributed by atoms with Gasteiger partial charge in [0, 0.05) is 17.5 Å². The molecule has 10 heteroatoms. The number of carbonyl (C=O) groups excluding carboxylic acids is 2. The minimum absolute atomic E-state index is 0.0261. The summed E-state index contributed by atoms with van der Waals surface area (Å²) in [6.07, 6.45) is -0.515. The van der Waals surface area contributed by atoms with E-state index in [0.29, 0.717) is 29.5 Å². The number of amides is 1. The first-order chi connectivity index (χ1) is 16.2. The van der Waals surface area contributed by atoms with Gasteiger partial charge in [-0.3, -0.25) is 21.3 Å². The summed E-state index contributed by atoms with van der Waals surface area (Å²) in [7, 11) is 0. The summed E-state index contributed by atoms with van der Waals surface area (Å²) in [5.74, 6) is -1.73. The van der Waals surface area contributed by atoms with Crippen molar-refractivity contribution in [3.63, 3.8) is 0 Å². The van der Waals surface area contributed by atoms with Crippen molar-refractivity contribution < 1.29 is 28.8 Å². The number of hydrogen-bond donors (Lipinski definition) is 4. The highest BCUT2D eigenvalue weighted by Crippen LogP contribution is 2.29. The highest BCUT2D eigenvalue weighted by molar-refractivity contribution is 5.94. The zero-order valence-electron chi connectivity index (χ0n) is 18.6. The van der Waals surface area contributed by atoms with E-state index in [1.54, 1.807) is 12.1 Å². The molecule has 34 heavy (non-hydrogen) atoms. The molecule has 0 radical (unpaired) electrons. The number of carbonyl (C=O) groups is 2. The van der Waals surface area contributed by atoms with Crippen LogP contribution >= 0.6 is 0 Å². The lowest BCUT2D eigenvalue weighted by atomic mass is 10.0. The third-order valence-corrected chi connectivity index (χ3v) is 5.08. The van der Waals surface area contributed by atoms with E-state index in [9.17, 15) is 19.5 Å². The Morgan fingerprint density at radius 1 is 1.15 bits per heavy atom. The molecule has 0 unspecified atom stereocenters. The fourth-order valence-corrected chi connectivity index (χ4v) is 3.41. The van der Waals surface area contributed by atoms with Gasteiger partial charge in [-0.25, -0.2) is 4.79 Å². The largest absolute Gasteiger partial charge is 0.548 e. The molecule has 0 spiro atoms. The van der Waals surface area contributed by atoms with Crippen molar-refractivity contribution in [3.8, 4) is 16.9 Å². The number of ether oxygens (including phenoxy) is 1. The second kappa shape index (κ2) is 11.0. The van der Waals surface area contributed by atoms with Crippen LogP contribution in [-0.4, -0.2) is 36.5 Å². The maximum absolute atomic E-state index is 12.5. The molecule has 0 aliphatic heterocycles. The summed E-state index contributed by atoms with van der Waals surface area (Å²) in [6, 6.07) is 14.5. The van der Waals surface area contributed by atoms with E-state index in [4.69, 9.17) is 20.6 Å². The van der Waals surface area contributed by atoms with Crippen molar-refractivity contribution in [2.24, 2.45) is 11.5 Å². The molecule has 0 bridgehead atoms. The Kier molecular flexibility index (Phi) is 7.86. The van der Waals surface area contributed by atoms with E-state index in [0.717, 1.165) is 5.56 Å². The zero-order valence-corrected chi connectivity index (χ0v) is 18.6. The lowest BCUT2D eigenvalue weighted by molar-refractivity contribution is -0.459. The van der Waals surface area contributed by atoms with Crippen molar-refractivity contribution in [1.29, 1.82) is 0 Å². The van der Waals surface area contributed by atoms with E-state index in [-0.39, 0.29) is 18.1 Å². The minimum Gasteiger partial charge on any atom is -0.548 e. The number of fused-ring (bicyclic) bond motifs is 1. The molecule has 0 aliphatic carbocycles. The highest BCUT2D eigenvalue weighted by atomic mass is 16.5. The van der Waals surface area contributed by atoms with Crippen molar-refractivity contribution in [2.75, 3.05) is 6.54 Å². The van der Waals surface area contributed by atoms with Gasteiger partial charge < -0.3 is 24.4 Å². The lowest BCUT2D eigenvalue weighted by Gasteiger charge is -2.22. The molecule has 0 saturated heterocycles. The van der Waals surface area contributed by atoms with Crippen LogP contribution in [0.15, 0.2) is 63.8 Å². The average molecular weight is 466 g/mol. The second-order valence-electron chi connectivity index (χ2n) is 7.67. The van der Waals surface area contributed by atoms with E-state index < -0.39 is 29.6 Å². The number of rotatable bonds is 10. The molecule has 0 aliphatic rings. The molecule has 3 rings (SSSR count). The van der Waals surface area contributed by atoms with Crippen molar-refractivity contribution in [3.05, 3.63) is 65.0 Å². The number of benzene rings is 2. The molecular weight excluding hydrogens is 440 g/mol. The molecule has 2 aromatic carbocycles. The highest BCUT2D eigenvalue weighted by Gasteiger charge is 2.20. The number of nitrogens with one attached hydrogen (secondary N) is 2. The smallest absolute Gasteiger partial charge is 0.338 e. The van der Waals surface area contributed by atoms with Crippen molar-refractivity contribution >= 4 is 28.8 Å². The molecule has 10 nitrogen and oxygen atoms in total. The first-order valence-electron chi connectivity index (χ1n) is 10.7. The molecule has 178 valence electrons. The normalized spacial score (nSPS) is 12.5. The molecule has 1 aromatic heterocycles. The summed E-state index contributed by atoms with van der Waals surface area (Å²) < 4.78 is 11.0. The van der Waals surface area contributed by atoms with Gasteiger partial charge in [0.25, 0.3) is 5.91 Å². The summed E-state index contributed by atoms with van der Waals surface area (Å²) in [4.78, 5) is 38.7. The molecule has 1 heterocycles. The Hall–Kier alpha value is -4.34. The molecule has 2 atom stereocenters. The third-order valence-electron chi connectivity index (χ3n) is 5.08. The van der Waals surface area contributed by atoms with Gasteiger partial charge in [0.1, 0.15) is 11.3 Å². The van der Waals surface area contributed by atoms with Crippen LogP contribution in [0, 0.1) is 0 Å². The van der Waals surface area contributed by atoms with Gasteiger partial charge in [0.05, 0.1) is 18.6 Å². The van der Waals surface area contributed by atoms with Crippen LogP contribution in [0.1, 0.15) is 19.8 Å². The number of carboxylic acids is 1. The first-order valence-corrected chi connectivity index (χ1v) is 10.7. The van der Waals surface area contributed by atoms with Crippen LogP contribution in [0.2, 0.25) is 0 Å². The van der Waals surface area contributed by atoms with Gasteiger partial charge >= 0.3 is 11.6 Å². The zero-order chi connectivity index (χ0) is 24.7. The van der Waals surface area contributed by atoms with Gasteiger partial charge in [-0.2, -0.15) is 0 Å². The number of guanidine groups is 1. The Labute approximate surface area is 195 Å². The minimum atomic E-state index is -1.41. The second-order valence-corrected chi connectivity index (χ2v) is 7.67. The van der Waals surface area contributed by atoms with Crippen LogP contribution in [-0.2, 0) is 9.59 Å². The monoisotopic (exact) mass is 466 g/mol. The summed E-state index contributed by atoms with van der Waals surface area (Å²) in [5, 5.41) is 14.5. The summed E-state index contributed by atoms with van der Waals surface area (Å²) in [5.41, 5.74) is 11.9. The summed E-state index contributed by atoms with van der Waals surface area (Å²) >= 11 is 0. The molecular formula is C24H26N4O6. The van der Waals surface area contributed by atoms with Crippen molar-refractivity contribution in [1.82, 2.24) is 5.32 Å². The van der Waals surface area contributed by atoms with Crippen molar-refractivity contribution in [2.45, 2.75) is 31.9 Å². The molecule has 6 N–H and O–H groups in total. The predicted molar refractivity (Wildman–Crippen MR) is 123 cm³/mol. The van der Waals surface area contributed by atoms with Crippen LogP contribution < -0.4 is 37.2 Å². The number of hydrogen-bond acceptors (Lipinski definition) is 6. The summed E-state index contributed by atoms with van der Waals surface area (Å²) in [6.45, 7) is 1.83. The van der Waals surface area contributed by atoms with E-state index >= 15 is 0 Å². The Morgan fingerprint density at radius 3 is 2.56 bits per heavy atom. The molecule has 0 saturated carbocycles. The van der Waals surface area contributed by atoms with E-state index in [2.05, 4.69) is 10.3 Å². The first kappa shape index (κ1) is 24.3. The Bertz CT molecular complexity index is 1250. The maximum Gasteiger partial charge on any atom is 0.338 e. The quantitative estimate of drug-likeness (QED) is 0.122. The van der Waals surface area contributed by atoms with Crippen LogP contribution in [0.3, 0.4) is 0 Å². The fourth-order valence-electron chi connectivity index (χ4n) is 3.41. The average Bonchev–Trinajstić information content (AvgIpc) is 2.80. The standard InChI is InChI=1S/C24H26N4O6/c1-14(22(30)28-19(23(31)32)8-5-11-27-24(25)26)33-16-9-10-17-18(15-6-3-2-4-7-15)13-21(29)34-20(17)12-16/h2-4,6-7,9-10,12-14,19H,5,8,11H2,1H3,(H,28,30)(H,31,32)(H4,25,26,27)/t14-,19-/m0/s1. The van der Waals surface area contributed by atoms with E-state index in [1.165, 1.54) is 19.1 Å². The Balaban J connectivity index is 1.71. The van der Waals surface area contributed by atoms with Gasteiger partial charge in [-0.15, -0.1) is 0 Å². The SMILES string of the molecule is C[C@H](Oc1ccc2c(-c3ccccc3)cc(=O)oc2c1)C(=O)N[C@@H](CCC[NH+]=C(N)N)C(=O)[O-]. The molecule has 3 aromatic rings. The van der Waals surface area contributed by atoms with Gasteiger partial charge in [-0.05, 0) is 43.0 Å².